The number of amides is 2. The summed E-state index contributed by atoms with van der Waals surface area (Å²) in [5.41, 5.74) is 5.82. The van der Waals surface area contributed by atoms with Gasteiger partial charge in [0, 0.05) is 55.1 Å². The molecule has 0 aromatic heterocycles. The molecule has 3 aromatic rings. The average Bonchev–Trinajstić information content (AvgIpc) is 3.28. The molecule has 1 saturated carbocycles. The Balaban J connectivity index is 1.27. The Morgan fingerprint density at radius 2 is 1.73 bits per heavy atom. The predicted molar refractivity (Wildman–Crippen MR) is 159 cm³/mol. The van der Waals surface area contributed by atoms with Gasteiger partial charge >= 0.3 is 0 Å². The Kier molecular flexibility index (Phi) is 7.35. The fourth-order valence-electron chi connectivity index (χ4n) is 5.36. The molecule has 1 aliphatic carbocycles. The second-order valence-electron chi connectivity index (χ2n) is 10.7. The lowest BCUT2D eigenvalue weighted by atomic mass is 9.90. The molecule has 2 fully saturated rings. The molecule has 7 nitrogen and oxygen atoms in total. The molecule has 1 atom stereocenters. The molecular weight excluding hydrogens is 498 g/mol. The topological polar surface area (TPSA) is 77.0 Å². The van der Waals surface area contributed by atoms with Crippen molar-refractivity contribution in [2.24, 2.45) is 4.99 Å². The first-order chi connectivity index (χ1) is 19.5. The zero-order chi connectivity index (χ0) is 27.5. The number of hydrogen-bond acceptors (Lipinski definition) is 5. The number of nitrogens with one attached hydrogen (secondary N) is 2. The number of likely N-dealkylation sites (N-methyl/N-ethyl adjacent to an activating group) is 1. The molecule has 2 amide bonds. The van der Waals surface area contributed by atoms with Gasteiger partial charge in [0.2, 0.25) is 5.91 Å². The molecule has 2 N–H and O–H groups in total. The van der Waals surface area contributed by atoms with Crippen LogP contribution in [-0.4, -0.2) is 61.7 Å². The van der Waals surface area contributed by atoms with E-state index in [0.29, 0.717) is 17.0 Å². The fourth-order valence-corrected chi connectivity index (χ4v) is 5.36. The highest BCUT2D eigenvalue weighted by molar-refractivity contribution is 6.24. The van der Waals surface area contributed by atoms with Gasteiger partial charge in [-0.2, -0.15) is 0 Å². The third-order valence-corrected chi connectivity index (χ3v) is 7.96. The normalized spacial score (nSPS) is 19.2. The first kappa shape index (κ1) is 25.8. The number of nitrogens with zero attached hydrogens (tertiary/aromatic N) is 3. The van der Waals surface area contributed by atoms with E-state index in [0.717, 1.165) is 62.3 Å². The third-order valence-electron chi connectivity index (χ3n) is 7.96. The van der Waals surface area contributed by atoms with Crippen molar-refractivity contribution in [2.45, 2.75) is 31.2 Å². The van der Waals surface area contributed by atoms with Gasteiger partial charge < -0.3 is 20.4 Å². The highest BCUT2D eigenvalue weighted by atomic mass is 16.2. The third kappa shape index (κ3) is 5.63. The number of carbonyl (C=O) groups excluding carboxylic acids is 2. The SMILES string of the molecule is CN1CCN(c2ccc(N=C(c3ccccc3)C3C(=O)Nc4cc(C#CC(=O)NC5CCC5)ccc43)cc2)CC1. The number of benzene rings is 3. The number of piperazine rings is 1. The van der Waals surface area contributed by atoms with Crippen LogP contribution in [0.1, 0.15) is 41.9 Å². The molecule has 3 aromatic carbocycles. The summed E-state index contributed by atoms with van der Waals surface area (Å²) in [6.07, 6.45) is 3.19. The van der Waals surface area contributed by atoms with E-state index in [4.69, 9.17) is 4.99 Å². The second kappa shape index (κ2) is 11.4. The van der Waals surface area contributed by atoms with Crippen LogP contribution in [0.25, 0.3) is 0 Å². The molecule has 202 valence electrons. The van der Waals surface area contributed by atoms with E-state index in [9.17, 15) is 9.59 Å². The Hall–Kier alpha value is -4.41. The second-order valence-corrected chi connectivity index (χ2v) is 10.7. The number of anilines is 2. The van der Waals surface area contributed by atoms with E-state index in [1.165, 1.54) is 5.69 Å². The molecule has 2 heterocycles. The van der Waals surface area contributed by atoms with Crippen LogP contribution in [-0.2, 0) is 9.59 Å². The van der Waals surface area contributed by atoms with Gasteiger partial charge in [-0.3, -0.25) is 14.6 Å². The van der Waals surface area contributed by atoms with E-state index in [1.807, 2.05) is 60.7 Å². The Labute approximate surface area is 235 Å². The summed E-state index contributed by atoms with van der Waals surface area (Å²) in [6.45, 7) is 4.11. The van der Waals surface area contributed by atoms with Gasteiger partial charge in [0.1, 0.15) is 5.92 Å². The average molecular weight is 532 g/mol. The van der Waals surface area contributed by atoms with Gasteiger partial charge in [0.05, 0.1) is 11.4 Å². The summed E-state index contributed by atoms with van der Waals surface area (Å²) in [4.78, 5) is 35.2. The first-order valence-corrected chi connectivity index (χ1v) is 14.0. The van der Waals surface area contributed by atoms with Crippen molar-refractivity contribution in [1.29, 1.82) is 0 Å². The van der Waals surface area contributed by atoms with Gasteiger partial charge in [-0.05, 0) is 73.8 Å². The predicted octanol–water partition coefficient (Wildman–Crippen LogP) is 4.32. The van der Waals surface area contributed by atoms with Crippen LogP contribution in [0.15, 0.2) is 77.8 Å². The minimum absolute atomic E-state index is 0.125. The summed E-state index contributed by atoms with van der Waals surface area (Å²) in [5, 5.41) is 5.95. The molecule has 0 spiro atoms. The first-order valence-electron chi connectivity index (χ1n) is 14.0. The lowest BCUT2D eigenvalue weighted by Gasteiger charge is -2.34. The minimum Gasteiger partial charge on any atom is -0.369 e. The molecule has 3 aliphatic rings. The lowest BCUT2D eigenvalue weighted by molar-refractivity contribution is -0.117. The van der Waals surface area contributed by atoms with Crippen LogP contribution in [0, 0.1) is 11.8 Å². The maximum Gasteiger partial charge on any atom is 0.296 e. The van der Waals surface area contributed by atoms with E-state index >= 15 is 0 Å². The van der Waals surface area contributed by atoms with Gasteiger partial charge in [-0.1, -0.05) is 42.3 Å². The van der Waals surface area contributed by atoms with Crippen molar-refractivity contribution >= 4 is 34.6 Å². The Morgan fingerprint density at radius 1 is 0.975 bits per heavy atom. The van der Waals surface area contributed by atoms with E-state index in [2.05, 4.69) is 51.5 Å². The summed E-state index contributed by atoms with van der Waals surface area (Å²) in [7, 11) is 2.15. The highest BCUT2D eigenvalue weighted by Gasteiger charge is 2.35. The van der Waals surface area contributed by atoms with Crippen LogP contribution >= 0.6 is 0 Å². The largest absolute Gasteiger partial charge is 0.369 e. The zero-order valence-corrected chi connectivity index (χ0v) is 22.7. The van der Waals surface area contributed by atoms with E-state index in [1.54, 1.807) is 0 Å². The maximum atomic E-state index is 13.4. The van der Waals surface area contributed by atoms with Crippen molar-refractivity contribution in [1.82, 2.24) is 10.2 Å². The minimum atomic E-state index is -0.557. The quantitative estimate of drug-likeness (QED) is 0.380. The highest BCUT2D eigenvalue weighted by Crippen LogP contribution is 2.37. The van der Waals surface area contributed by atoms with Gasteiger partial charge in [-0.25, -0.2) is 0 Å². The molecule has 0 bridgehead atoms. The number of fused-ring (bicyclic) bond motifs is 1. The molecule has 1 saturated heterocycles. The smallest absolute Gasteiger partial charge is 0.296 e. The summed E-state index contributed by atoms with van der Waals surface area (Å²) in [6, 6.07) is 24.0. The van der Waals surface area contributed by atoms with Crippen molar-refractivity contribution < 1.29 is 9.59 Å². The molecule has 6 rings (SSSR count). The number of rotatable bonds is 5. The number of carbonyl (C=O) groups is 2. The molecule has 7 heteroatoms. The van der Waals surface area contributed by atoms with Crippen molar-refractivity contribution in [3.63, 3.8) is 0 Å². The summed E-state index contributed by atoms with van der Waals surface area (Å²) in [5.74, 6) is 4.68. The van der Waals surface area contributed by atoms with Crippen LogP contribution in [0.3, 0.4) is 0 Å². The van der Waals surface area contributed by atoms with Crippen LogP contribution < -0.4 is 15.5 Å². The molecule has 1 unspecified atom stereocenters. The standard InChI is InChI=1S/C33H33N5O2/c1-37-18-20-38(21-19-37)27-14-12-26(13-15-27)35-32(24-6-3-2-4-7-24)31-28-16-10-23(22-29(28)36-33(31)40)11-17-30(39)34-25-8-5-9-25/h2-4,6-7,10,12-16,22,25,31H,5,8-9,18-21H2,1H3,(H,34,39)(H,36,40). The van der Waals surface area contributed by atoms with Crippen LogP contribution in [0.2, 0.25) is 0 Å². The van der Waals surface area contributed by atoms with E-state index in [-0.39, 0.29) is 17.9 Å². The van der Waals surface area contributed by atoms with Gasteiger partial charge in [-0.15, -0.1) is 0 Å². The Morgan fingerprint density at radius 3 is 2.42 bits per heavy atom. The maximum absolute atomic E-state index is 13.4. The zero-order valence-electron chi connectivity index (χ0n) is 22.7. The lowest BCUT2D eigenvalue weighted by Crippen LogP contribution is -2.44. The molecule has 40 heavy (non-hydrogen) atoms. The van der Waals surface area contributed by atoms with Crippen molar-refractivity contribution in [3.8, 4) is 11.8 Å². The molecule has 0 radical (unpaired) electrons. The van der Waals surface area contributed by atoms with Gasteiger partial charge in [0.15, 0.2) is 0 Å². The van der Waals surface area contributed by atoms with Crippen LogP contribution in [0.4, 0.5) is 17.1 Å². The summed E-state index contributed by atoms with van der Waals surface area (Å²) < 4.78 is 0. The monoisotopic (exact) mass is 531 g/mol. The fraction of sp³-hybridized carbons (Fsp3) is 0.303. The molecule has 2 aliphatic heterocycles. The van der Waals surface area contributed by atoms with Crippen molar-refractivity contribution in [3.05, 3.63) is 89.5 Å². The number of hydrogen-bond donors (Lipinski definition) is 2. The van der Waals surface area contributed by atoms with Gasteiger partial charge in [0.25, 0.3) is 5.91 Å². The van der Waals surface area contributed by atoms with Crippen LogP contribution in [0.5, 0.6) is 0 Å². The van der Waals surface area contributed by atoms with Crippen molar-refractivity contribution in [2.75, 3.05) is 43.4 Å². The number of aliphatic imine (C=N–C) groups is 1. The van der Waals surface area contributed by atoms with E-state index < -0.39 is 5.92 Å². The molecular formula is C33H33N5O2. The summed E-state index contributed by atoms with van der Waals surface area (Å²) >= 11 is 0. The Bertz CT molecular complexity index is 1490.